The van der Waals surface area contributed by atoms with Gasteiger partial charge in [0, 0.05) is 12.6 Å². The molecule has 0 saturated heterocycles. The van der Waals surface area contributed by atoms with Crippen LogP contribution in [0, 0.1) is 0 Å². The molecule has 0 saturated carbocycles. The fraction of sp³-hybridized carbons (Fsp3) is 0.167. The van der Waals surface area contributed by atoms with Crippen LogP contribution in [-0.4, -0.2) is 17.1 Å². The van der Waals surface area contributed by atoms with Crippen LogP contribution in [0.15, 0.2) is 36.5 Å². The molecule has 0 atom stereocenters. The van der Waals surface area contributed by atoms with E-state index >= 15 is 0 Å². The Morgan fingerprint density at radius 1 is 1.31 bits per heavy atom. The molecular weight excluding hydrogens is 202 g/mol. The maximum Gasteiger partial charge on any atom is 0.135 e. The number of nitrogen functional groups attached to an aromatic ring is 1. The molecule has 1 aromatic carbocycles. The van der Waals surface area contributed by atoms with Crippen LogP contribution in [0.3, 0.4) is 0 Å². The molecule has 0 amide bonds. The van der Waals surface area contributed by atoms with Crippen molar-refractivity contribution < 1.29 is 4.74 Å². The van der Waals surface area contributed by atoms with Gasteiger partial charge in [-0.05, 0) is 23.8 Å². The molecule has 1 aromatic heterocycles. The molecule has 0 aliphatic rings. The second-order valence-corrected chi connectivity index (χ2v) is 3.43. The number of benzene rings is 1. The summed E-state index contributed by atoms with van der Waals surface area (Å²) in [5.41, 5.74) is 6.69. The molecule has 4 heteroatoms. The number of aromatic nitrogens is 2. The van der Waals surface area contributed by atoms with Crippen LogP contribution in [0.5, 0.6) is 5.75 Å². The predicted molar refractivity (Wildman–Crippen MR) is 62.2 cm³/mol. The Kier molecular flexibility index (Phi) is 3.00. The average molecular weight is 215 g/mol. The lowest BCUT2D eigenvalue weighted by Crippen LogP contribution is -1.99. The molecule has 0 aliphatic heterocycles. The van der Waals surface area contributed by atoms with Gasteiger partial charge in [0.2, 0.25) is 0 Å². The number of hydrogen-bond acceptors (Lipinski definition) is 4. The normalized spacial score (nSPS) is 10.1. The lowest BCUT2D eigenvalue weighted by Gasteiger charge is -2.03. The third-order valence-electron chi connectivity index (χ3n) is 2.22. The second-order valence-electron chi connectivity index (χ2n) is 3.43. The van der Waals surface area contributed by atoms with Gasteiger partial charge >= 0.3 is 0 Å². The molecule has 4 nitrogen and oxygen atoms in total. The summed E-state index contributed by atoms with van der Waals surface area (Å²) in [6.07, 6.45) is 2.32. The number of nitrogens with zero attached hydrogens (tertiary/aromatic N) is 2. The van der Waals surface area contributed by atoms with Crippen molar-refractivity contribution in [2.45, 2.75) is 6.42 Å². The number of anilines is 1. The number of hydrogen-bond donors (Lipinski definition) is 1. The van der Waals surface area contributed by atoms with Crippen LogP contribution in [0.2, 0.25) is 0 Å². The molecule has 0 radical (unpaired) electrons. The van der Waals surface area contributed by atoms with Crippen LogP contribution in [0.25, 0.3) is 0 Å². The highest BCUT2D eigenvalue weighted by Crippen LogP contribution is 2.14. The van der Waals surface area contributed by atoms with Gasteiger partial charge in [0.1, 0.15) is 17.4 Å². The van der Waals surface area contributed by atoms with Crippen molar-refractivity contribution in [2.75, 3.05) is 12.8 Å². The smallest absolute Gasteiger partial charge is 0.135 e. The number of methoxy groups -OCH3 is 1. The molecule has 2 N–H and O–H groups in total. The average Bonchev–Trinajstić information content (AvgIpc) is 2.29. The minimum absolute atomic E-state index is 0.493. The molecule has 0 aliphatic carbocycles. The van der Waals surface area contributed by atoms with E-state index in [0.29, 0.717) is 18.1 Å². The highest BCUT2D eigenvalue weighted by molar-refractivity contribution is 5.31. The third kappa shape index (κ3) is 2.48. The van der Waals surface area contributed by atoms with Crippen LogP contribution in [0.1, 0.15) is 11.4 Å². The zero-order valence-electron chi connectivity index (χ0n) is 9.05. The fourth-order valence-electron chi connectivity index (χ4n) is 1.46. The van der Waals surface area contributed by atoms with Gasteiger partial charge in [-0.2, -0.15) is 0 Å². The Bertz CT molecular complexity index is 485. The zero-order valence-corrected chi connectivity index (χ0v) is 9.05. The first-order valence-corrected chi connectivity index (χ1v) is 4.98. The quantitative estimate of drug-likeness (QED) is 0.845. The Hall–Kier alpha value is -2.10. The minimum atomic E-state index is 0.493. The maximum atomic E-state index is 5.59. The van der Waals surface area contributed by atoms with Crippen molar-refractivity contribution in [2.24, 2.45) is 0 Å². The van der Waals surface area contributed by atoms with E-state index < -0.39 is 0 Å². The van der Waals surface area contributed by atoms with E-state index in [1.807, 2.05) is 24.3 Å². The first kappa shape index (κ1) is 10.4. The van der Waals surface area contributed by atoms with E-state index in [-0.39, 0.29) is 0 Å². The summed E-state index contributed by atoms with van der Waals surface area (Å²) >= 11 is 0. The van der Waals surface area contributed by atoms with Gasteiger partial charge in [0.15, 0.2) is 0 Å². The van der Waals surface area contributed by atoms with Gasteiger partial charge in [-0.1, -0.05) is 12.1 Å². The maximum absolute atomic E-state index is 5.59. The second kappa shape index (κ2) is 4.61. The van der Waals surface area contributed by atoms with E-state index in [2.05, 4.69) is 9.97 Å². The molecular formula is C12H13N3O. The molecule has 1 heterocycles. The van der Waals surface area contributed by atoms with Gasteiger partial charge in [-0.3, -0.25) is 0 Å². The lowest BCUT2D eigenvalue weighted by atomic mass is 10.1. The Morgan fingerprint density at radius 2 is 2.19 bits per heavy atom. The van der Waals surface area contributed by atoms with Gasteiger partial charge in [0.05, 0.1) is 7.11 Å². The monoisotopic (exact) mass is 215 g/mol. The molecule has 16 heavy (non-hydrogen) atoms. The van der Waals surface area contributed by atoms with Crippen LogP contribution < -0.4 is 10.5 Å². The van der Waals surface area contributed by atoms with Crippen LogP contribution >= 0.6 is 0 Å². The highest BCUT2D eigenvalue weighted by atomic mass is 16.5. The van der Waals surface area contributed by atoms with E-state index in [1.165, 1.54) is 0 Å². The SMILES string of the molecule is COc1cccc(Cc2nccc(N)n2)c1. The molecule has 0 bridgehead atoms. The van der Waals surface area contributed by atoms with Gasteiger partial charge < -0.3 is 10.5 Å². The topological polar surface area (TPSA) is 61.0 Å². The van der Waals surface area contributed by atoms with Crippen molar-refractivity contribution in [3.8, 4) is 5.75 Å². The molecule has 0 unspecified atom stereocenters. The van der Waals surface area contributed by atoms with Gasteiger partial charge in [-0.15, -0.1) is 0 Å². The molecule has 2 aromatic rings. The molecule has 2 rings (SSSR count). The first-order valence-electron chi connectivity index (χ1n) is 4.98. The summed E-state index contributed by atoms with van der Waals surface area (Å²) in [4.78, 5) is 8.31. The number of ether oxygens (including phenoxy) is 1. The molecule has 0 fully saturated rings. The summed E-state index contributed by atoms with van der Waals surface area (Å²) in [6.45, 7) is 0. The summed E-state index contributed by atoms with van der Waals surface area (Å²) in [7, 11) is 1.65. The van der Waals surface area contributed by atoms with Crippen LogP contribution in [0.4, 0.5) is 5.82 Å². The highest BCUT2D eigenvalue weighted by Gasteiger charge is 2.01. The van der Waals surface area contributed by atoms with Crippen molar-refractivity contribution in [1.82, 2.24) is 9.97 Å². The molecule has 82 valence electrons. The Morgan fingerprint density at radius 3 is 2.94 bits per heavy atom. The number of nitrogens with two attached hydrogens (primary N) is 1. The van der Waals surface area contributed by atoms with Gasteiger partial charge in [0.25, 0.3) is 0 Å². The zero-order chi connectivity index (χ0) is 11.4. The van der Waals surface area contributed by atoms with Crippen molar-refractivity contribution in [1.29, 1.82) is 0 Å². The summed E-state index contributed by atoms with van der Waals surface area (Å²) < 4.78 is 5.15. The fourth-order valence-corrected chi connectivity index (χ4v) is 1.46. The third-order valence-corrected chi connectivity index (χ3v) is 2.22. The van der Waals surface area contributed by atoms with E-state index in [0.717, 1.165) is 11.3 Å². The standard InChI is InChI=1S/C12H13N3O/c1-16-10-4-2-3-9(7-10)8-12-14-6-5-11(13)15-12/h2-7H,8H2,1H3,(H2,13,14,15). The van der Waals surface area contributed by atoms with E-state index in [1.54, 1.807) is 19.4 Å². The van der Waals surface area contributed by atoms with E-state index in [9.17, 15) is 0 Å². The van der Waals surface area contributed by atoms with Crippen molar-refractivity contribution >= 4 is 5.82 Å². The summed E-state index contributed by atoms with van der Waals surface area (Å²) in [6, 6.07) is 9.50. The molecule has 0 spiro atoms. The number of rotatable bonds is 3. The van der Waals surface area contributed by atoms with Crippen LogP contribution in [-0.2, 0) is 6.42 Å². The first-order chi connectivity index (χ1) is 7.78. The van der Waals surface area contributed by atoms with Gasteiger partial charge in [-0.25, -0.2) is 9.97 Å². The Labute approximate surface area is 94.1 Å². The van der Waals surface area contributed by atoms with Crippen molar-refractivity contribution in [3.05, 3.63) is 47.9 Å². The predicted octanol–water partition coefficient (Wildman–Crippen LogP) is 1.66. The van der Waals surface area contributed by atoms with E-state index in [4.69, 9.17) is 10.5 Å². The van der Waals surface area contributed by atoms with Crippen molar-refractivity contribution in [3.63, 3.8) is 0 Å². The largest absolute Gasteiger partial charge is 0.497 e. The summed E-state index contributed by atoms with van der Waals surface area (Å²) in [5.74, 6) is 2.04. The lowest BCUT2D eigenvalue weighted by molar-refractivity contribution is 0.414. The Balaban J connectivity index is 2.20. The summed E-state index contributed by atoms with van der Waals surface area (Å²) in [5, 5.41) is 0. The minimum Gasteiger partial charge on any atom is -0.497 e.